The molecule has 3 amide bonds. The fraction of sp³-hybridized carbons (Fsp3) is 0.632. The van der Waals surface area contributed by atoms with E-state index < -0.39 is 0 Å². The van der Waals surface area contributed by atoms with Crippen molar-refractivity contribution in [3.8, 4) is 0 Å². The molecule has 0 bridgehead atoms. The number of hydrogen-bond donors (Lipinski definition) is 1. The van der Waals surface area contributed by atoms with Crippen molar-refractivity contribution in [1.82, 2.24) is 19.7 Å². The van der Waals surface area contributed by atoms with E-state index in [1.54, 1.807) is 14.0 Å². The summed E-state index contributed by atoms with van der Waals surface area (Å²) in [6, 6.07) is 1.97. The Morgan fingerprint density at radius 2 is 1.62 bits per heavy atom. The van der Waals surface area contributed by atoms with Gasteiger partial charge in [-0.2, -0.15) is 0 Å². The summed E-state index contributed by atoms with van der Waals surface area (Å²) in [7, 11) is 1.68. The molecule has 1 aromatic rings. The van der Waals surface area contributed by atoms with E-state index in [9.17, 15) is 14.4 Å². The number of aromatic nitrogens is 1. The summed E-state index contributed by atoms with van der Waals surface area (Å²) in [5, 5.41) is 2.99. The minimum Gasteiger partial charge on any atom is -0.349 e. The molecule has 7 nitrogen and oxygen atoms in total. The predicted molar refractivity (Wildman–Crippen MR) is 99.4 cm³/mol. The predicted octanol–water partition coefficient (Wildman–Crippen LogP) is 1.41. The molecule has 2 saturated heterocycles. The highest BCUT2D eigenvalue weighted by atomic mass is 16.2. The molecular weight excluding hydrogens is 332 g/mol. The first-order valence-corrected chi connectivity index (χ1v) is 9.40. The summed E-state index contributed by atoms with van der Waals surface area (Å²) >= 11 is 0. The minimum atomic E-state index is -0.313. The van der Waals surface area contributed by atoms with Gasteiger partial charge in [0.2, 0.25) is 0 Å². The minimum absolute atomic E-state index is 0.00413. The van der Waals surface area contributed by atoms with Crippen molar-refractivity contribution in [2.24, 2.45) is 7.05 Å². The molecule has 7 heteroatoms. The third-order valence-corrected chi connectivity index (χ3v) is 5.57. The molecule has 0 unspecified atom stereocenters. The van der Waals surface area contributed by atoms with Crippen molar-refractivity contribution in [2.45, 2.75) is 45.6 Å². The Bertz CT molecular complexity index is 757. The van der Waals surface area contributed by atoms with Crippen molar-refractivity contribution >= 4 is 11.9 Å². The van der Waals surface area contributed by atoms with E-state index in [0.29, 0.717) is 18.7 Å². The number of amides is 3. The molecule has 2 aliphatic heterocycles. The molecular formula is C19H28N4O3. The zero-order valence-electron chi connectivity index (χ0n) is 15.9. The number of nitrogens with one attached hydrogen (secondary N) is 1. The van der Waals surface area contributed by atoms with Crippen LogP contribution in [0.1, 0.15) is 47.3 Å². The van der Waals surface area contributed by atoms with Gasteiger partial charge in [-0.3, -0.25) is 9.59 Å². The number of urea groups is 1. The number of aryl methyl sites for hydroxylation is 2. The second kappa shape index (κ2) is 7.51. The smallest absolute Gasteiger partial charge is 0.319 e. The van der Waals surface area contributed by atoms with E-state index >= 15 is 0 Å². The molecule has 2 aliphatic rings. The lowest BCUT2D eigenvalue weighted by Crippen LogP contribution is -2.50. The van der Waals surface area contributed by atoms with Gasteiger partial charge in [0.05, 0.1) is 0 Å². The number of nitrogens with zero attached hydrogens (tertiary/aromatic N) is 3. The number of rotatable bonds is 2. The molecule has 26 heavy (non-hydrogen) atoms. The van der Waals surface area contributed by atoms with Crippen LogP contribution in [0.2, 0.25) is 0 Å². The summed E-state index contributed by atoms with van der Waals surface area (Å²) in [6.07, 6.45) is 3.61. The standard InChI is InChI=1S/C19H28N4O3/c1-13-12-14(2)21(3)18(25)16(13)17(24)20-15-6-10-23(11-7-15)19(26)22-8-4-5-9-22/h12,15H,4-11H2,1-3H3,(H,20,24). The second-order valence-corrected chi connectivity index (χ2v) is 7.42. The maximum Gasteiger partial charge on any atom is 0.319 e. The van der Waals surface area contributed by atoms with E-state index in [4.69, 9.17) is 0 Å². The Kier molecular flexibility index (Phi) is 5.34. The van der Waals surface area contributed by atoms with E-state index in [1.807, 2.05) is 22.8 Å². The molecule has 1 N–H and O–H groups in total. The normalized spacial score (nSPS) is 18.3. The highest BCUT2D eigenvalue weighted by Gasteiger charge is 2.29. The van der Waals surface area contributed by atoms with Crippen LogP contribution < -0.4 is 10.9 Å². The molecule has 1 aromatic heterocycles. The molecule has 142 valence electrons. The Balaban J connectivity index is 1.60. The van der Waals surface area contributed by atoms with Gasteiger partial charge >= 0.3 is 6.03 Å². The molecule has 0 spiro atoms. The Morgan fingerprint density at radius 3 is 2.23 bits per heavy atom. The van der Waals surface area contributed by atoms with E-state index in [0.717, 1.165) is 44.5 Å². The number of carbonyl (C=O) groups is 2. The molecule has 0 radical (unpaired) electrons. The topological polar surface area (TPSA) is 74.6 Å². The Labute approximate surface area is 154 Å². The maximum absolute atomic E-state index is 12.6. The molecule has 0 saturated carbocycles. The van der Waals surface area contributed by atoms with Gasteiger partial charge in [0.15, 0.2) is 0 Å². The fourth-order valence-electron chi connectivity index (χ4n) is 3.84. The van der Waals surface area contributed by atoms with Crippen molar-refractivity contribution in [2.75, 3.05) is 26.2 Å². The van der Waals surface area contributed by atoms with Crippen molar-refractivity contribution in [1.29, 1.82) is 0 Å². The number of piperidine rings is 1. The van der Waals surface area contributed by atoms with Gasteiger partial charge in [0.25, 0.3) is 11.5 Å². The Morgan fingerprint density at radius 1 is 1.04 bits per heavy atom. The van der Waals surface area contributed by atoms with Gasteiger partial charge in [-0.05, 0) is 51.2 Å². The van der Waals surface area contributed by atoms with E-state index in [-0.39, 0.29) is 29.1 Å². The number of hydrogen-bond acceptors (Lipinski definition) is 3. The van der Waals surface area contributed by atoms with Gasteiger partial charge in [0.1, 0.15) is 5.56 Å². The maximum atomic E-state index is 12.6. The first-order chi connectivity index (χ1) is 12.4. The van der Waals surface area contributed by atoms with Crippen LogP contribution in [0.3, 0.4) is 0 Å². The van der Waals surface area contributed by atoms with Crippen LogP contribution >= 0.6 is 0 Å². The van der Waals surface area contributed by atoms with Crippen molar-refractivity contribution in [3.63, 3.8) is 0 Å². The quantitative estimate of drug-likeness (QED) is 0.867. The lowest BCUT2D eigenvalue weighted by atomic mass is 10.0. The van der Waals surface area contributed by atoms with Crippen LogP contribution in [0.4, 0.5) is 4.79 Å². The van der Waals surface area contributed by atoms with Crippen LogP contribution in [0.25, 0.3) is 0 Å². The van der Waals surface area contributed by atoms with Gasteiger partial charge < -0.3 is 19.7 Å². The second-order valence-electron chi connectivity index (χ2n) is 7.42. The molecule has 3 heterocycles. The lowest BCUT2D eigenvalue weighted by Gasteiger charge is -2.34. The number of pyridine rings is 1. The van der Waals surface area contributed by atoms with E-state index in [2.05, 4.69) is 5.32 Å². The van der Waals surface area contributed by atoms with Crippen LogP contribution in [-0.4, -0.2) is 58.5 Å². The average Bonchev–Trinajstić information content (AvgIpc) is 3.14. The fourth-order valence-corrected chi connectivity index (χ4v) is 3.84. The lowest BCUT2D eigenvalue weighted by molar-refractivity contribution is 0.0910. The highest BCUT2D eigenvalue weighted by molar-refractivity contribution is 5.95. The molecule has 2 fully saturated rings. The number of carbonyl (C=O) groups excluding carboxylic acids is 2. The first kappa shape index (κ1) is 18.5. The third kappa shape index (κ3) is 3.61. The summed E-state index contributed by atoms with van der Waals surface area (Å²) in [4.78, 5) is 41.3. The molecule has 0 aliphatic carbocycles. The first-order valence-electron chi connectivity index (χ1n) is 9.40. The molecule has 3 rings (SSSR count). The largest absolute Gasteiger partial charge is 0.349 e. The summed E-state index contributed by atoms with van der Waals surface area (Å²) < 4.78 is 1.50. The zero-order valence-corrected chi connectivity index (χ0v) is 15.9. The monoisotopic (exact) mass is 360 g/mol. The third-order valence-electron chi connectivity index (χ3n) is 5.57. The van der Waals surface area contributed by atoms with Crippen LogP contribution in [0.15, 0.2) is 10.9 Å². The highest BCUT2D eigenvalue weighted by Crippen LogP contribution is 2.16. The van der Waals surface area contributed by atoms with Crippen LogP contribution in [0, 0.1) is 13.8 Å². The summed E-state index contributed by atoms with van der Waals surface area (Å²) in [5.74, 6) is -0.313. The summed E-state index contributed by atoms with van der Waals surface area (Å²) in [6.45, 7) is 6.64. The summed E-state index contributed by atoms with van der Waals surface area (Å²) in [5.41, 5.74) is 1.48. The van der Waals surface area contributed by atoms with Crippen LogP contribution in [0.5, 0.6) is 0 Å². The molecule has 0 atom stereocenters. The van der Waals surface area contributed by atoms with Gasteiger partial charge in [-0.15, -0.1) is 0 Å². The van der Waals surface area contributed by atoms with Crippen molar-refractivity contribution in [3.05, 3.63) is 33.2 Å². The van der Waals surface area contributed by atoms with Crippen molar-refractivity contribution < 1.29 is 9.59 Å². The van der Waals surface area contributed by atoms with Gasteiger partial charge in [0, 0.05) is 45.0 Å². The average molecular weight is 360 g/mol. The Hall–Kier alpha value is -2.31. The van der Waals surface area contributed by atoms with Gasteiger partial charge in [-0.1, -0.05) is 0 Å². The molecule has 0 aromatic carbocycles. The van der Waals surface area contributed by atoms with Gasteiger partial charge in [-0.25, -0.2) is 4.79 Å². The number of likely N-dealkylation sites (tertiary alicyclic amines) is 2. The SMILES string of the molecule is Cc1cc(C)n(C)c(=O)c1C(=O)NC1CCN(C(=O)N2CCCC2)CC1. The zero-order chi connectivity index (χ0) is 18.8. The van der Waals surface area contributed by atoms with E-state index in [1.165, 1.54) is 4.57 Å². The van der Waals surface area contributed by atoms with Crippen LogP contribution in [-0.2, 0) is 7.05 Å².